The second kappa shape index (κ2) is 32.4. The number of carbonyl (C=O) groups excluding carboxylic acids is 7. The van der Waals surface area contributed by atoms with Crippen molar-refractivity contribution in [1.29, 1.82) is 0 Å². The summed E-state index contributed by atoms with van der Waals surface area (Å²) in [6.45, 7) is 25.9. The zero-order valence-electron chi connectivity index (χ0n) is 49.5. The minimum Gasteiger partial charge on any atom is -0.477 e. The van der Waals surface area contributed by atoms with Crippen molar-refractivity contribution < 1.29 is 67.1 Å². The number of morpholine rings is 2. The summed E-state index contributed by atoms with van der Waals surface area (Å²) in [6, 6.07) is 3.30. The first kappa shape index (κ1) is 68.0. The fourth-order valence-electron chi connectivity index (χ4n) is 8.79. The van der Waals surface area contributed by atoms with Gasteiger partial charge in [0.05, 0.1) is 59.4 Å². The smallest absolute Gasteiger partial charge is 0.353 e. The molecule has 0 spiro atoms. The van der Waals surface area contributed by atoms with Gasteiger partial charge in [0.25, 0.3) is 0 Å². The molecule has 2 saturated heterocycles. The molecule has 2 aromatic heterocycles. The largest absolute Gasteiger partial charge is 0.477 e. The Bertz CT molecular complexity index is 2600. The van der Waals surface area contributed by atoms with E-state index in [0.29, 0.717) is 79.9 Å². The number of hydrogen-bond donors (Lipinski definition) is 1. The molecular weight excluding hydrogens is 1100 g/mol. The number of carboxylic acids is 1. The number of anilines is 2. The molecule has 0 unspecified atom stereocenters. The number of ether oxygens (including phenoxy) is 5. The zero-order chi connectivity index (χ0) is 60.2. The fourth-order valence-corrected chi connectivity index (χ4v) is 10.7. The summed E-state index contributed by atoms with van der Waals surface area (Å²) in [5, 5.41) is 9.88. The lowest BCUT2D eigenvalue weighted by atomic mass is 9.82. The van der Waals surface area contributed by atoms with Crippen molar-refractivity contribution in [2.45, 2.75) is 134 Å². The Morgan fingerprint density at radius 1 is 0.617 bits per heavy atom. The predicted octanol–water partition coefficient (Wildman–Crippen LogP) is 9.72. The molecule has 0 aromatic carbocycles. The Morgan fingerprint density at radius 2 is 0.988 bits per heavy atom. The molecule has 0 radical (unpaired) electrons. The quantitative estimate of drug-likeness (QED) is 0.0761. The maximum absolute atomic E-state index is 14.0. The van der Waals surface area contributed by atoms with Gasteiger partial charge in [-0.05, 0) is 117 Å². The van der Waals surface area contributed by atoms with E-state index in [1.807, 2.05) is 41.5 Å². The van der Waals surface area contributed by atoms with Crippen LogP contribution >= 0.6 is 34.3 Å². The van der Waals surface area contributed by atoms with Gasteiger partial charge >= 0.3 is 23.9 Å². The predicted molar refractivity (Wildman–Crippen MR) is 313 cm³/mol. The van der Waals surface area contributed by atoms with Crippen LogP contribution in [0.5, 0.6) is 0 Å². The molecule has 2 aliphatic carbocycles. The lowest BCUT2D eigenvalue weighted by Crippen LogP contribution is -2.49. The summed E-state index contributed by atoms with van der Waals surface area (Å²) in [4.78, 5) is 109. The van der Waals surface area contributed by atoms with E-state index in [0.717, 1.165) is 74.0 Å². The monoisotopic (exact) mass is 1180 g/mol. The van der Waals surface area contributed by atoms with Gasteiger partial charge in [-0.15, -0.1) is 22.7 Å². The van der Waals surface area contributed by atoms with E-state index in [1.165, 1.54) is 9.80 Å². The van der Waals surface area contributed by atoms with E-state index in [1.54, 1.807) is 49.6 Å². The molecule has 0 atom stereocenters. The van der Waals surface area contributed by atoms with Crippen molar-refractivity contribution in [3.05, 3.63) is 31.6 Å². The van der Waals surface area contributed by atoms with Crippen molar-refractivity contribution in [3.8, 4) is 23.7 Å². The van der Waals surface area contributed by atoms with Gasteiger partial charge in [0, 0.05) is 48.8 Å². The maximum atomic E-state index is 14.0. The second-order valence-electron chi connectivity index (χ2n) is 23.6. The Balaban J connectivity index is 0.000000311. The molecule has 4 fully saturated rings. The molecule has 2 aliphatic heterocycles. The Kier molecular flexibility index (Phi) is 27.2. The average Bonchev–Trinajstić information content (AvgIpc) is 4.13. The van der Waals surface area contributed by atoms with Crippen LogP contribution in [0.15, 0.2) is 12.1 Å². The molecule has 81 heavy (non-hydrogen) atoms. The number of nitrogens with zero attached hydrogens (tertiary/aromatic N) is 4. The van der Waals surface area contributed by atoms with Gasteiger partial charge in [0.2, 0.25) is 30.4 Å². The lowest BCUT2D eigenvalue weighted by Gasteiger charge is -2.33. The second-order valence-corrected chi connectivity index (χ2v) is 25.9. The topological polar surface area (TPSA) is 216 Å². The Hall–Kier alpha value is -5.51. The van der Waals surface area contributed by atoms with Gasteiger partial charge in [0.1, 0.15) is 22.8 Å². The molecular formula is C60H85ClN4O14S2. The number of thiophene rings is 2. The van der Waals surface area contributed by atoms with Gasteiger partial charge in [0.15, 0.2) is 6.07 Å². The summed E-state index contributed by atoms with van der Waals surface area (Å²) < 4.78 is 25.5. The molecule has 4 aliphatic rings. The van der Waals surface area contributed by atoms with Crippen LogP contribution in [0.3, 0.4) is 0 Å². The van der Waals surface area contributed by atoms with Crippen LogP contribution in [0.2, 0.25) is 0 Å². The van der Waals surface area contributed by atoms with E-state index >= 15 is 0 Å². The van der Waals surface area contributed by atoms with Crippen molar-refractivity contribution in [1.82, 2.24) is 9.80 Å². The van der Waals surface area contributed by atoms with Crippen molar-refractivity contribution in [2.75, 3.05) is 88.4 Å². The summed E-state index contributed by atoms with van der Waals surface area (Å²) in [5.74, 6) is 9.33. The molecule has 0 bridgehead atoms. The van der Waals surface area contributed by atoms with E-state index < -0.39 is 24.7 Å². The van der Waals surface area contributed by atoms with Crippen molar-refractivity contribution in [2.24, 2.45) is 46.3 Å². The third kappa shape index (κ3) is 22.6. The highest BCUT2D eigenvalue weighted by Crippen LogP contribution is 2.38. The summed E-state index contributed by atoms with van der Waals surface area (Å²) in [7, 11) is 0. The van der Waals surface area contributed by atoms with Crippen LogP contribution in [0.25, 0.3) is 0 Å². The summed E-state index contributed by atoms with van der Waals surface area (Å²) in [5.41, 5.74) is 0.0505. The molecule has 6 rings (SSSR count). The summed E-state index contributed by atoms with van der Waals surface area (Å²) >= 11 is 7.25. The van der Waals surface area contributed by atoms with E-state index in [-0.39, 0.29) is 98.7 Å². The summed E-state index contributed by atoms with van der Waals surface area (Å²) in [6.07, 6.45) is 6.76. The number of halogens is 1. The highest BCUT2D eigenvalue weighted by atomic mass is 35.5. The molecule has 448 valence electrons. The first-order valence-electron chi connectivity index (χ1n) is 28.1. The molecule has 21 heteroatoms. The fraction of sp³-hybridized carbons (Fsp3) is 0.667. The standard InChI is InChI=1S/C30H42N2O7S.C25H34N2O5S.C5H9ClO2/c1-20(2)28(35)38-19-39-29(36)26-24(17-23(40-26)11-12-30(4,5)6)32(18-25(33)31-13-15-37-16-14-31)27(34)22-9-7-21(3)8-10-22;1-17-5-7-18(8-6-17)23(29)27(16-21(28)26-11-13-32-14-12-26)20-15-19(9-10-25(2,3)4)33-22(20)24(30)31;1-4(2)5(7)8-3-6/h17,20-22H,7-10,13-16,18-19H2,1-6H3;15,17-18H,5-8,11-14,16H2,1-4H3,(H,30,31);4H,3H2,1-2H3. The number of esters is 3. The number of carboxylic acid groups (broad SMARTS) is 1. The van der Waals surface area contributed by atoms with Crippen molar-refractivity contribution >= 4 is 93.2 Å². The van der Waals surface area contributed by atoms with Crippen LogP contribution in [0, 0.1) is 70.0 Å². The highest BCUT2D eigenvalue weighted by molar-refractivity contribution is 7.15. The molecule has 2 aromatic rings. The SMILES string of the molecule is CC(C)C(=O)OCCl.CC1CCC(C(=O)N(CC(=O)N2CCOCC2)c2cc(C#CC(C)(C)C)sc2C(=O)O)CC1.CC1CCC(C(=O)N(CC(=O)N2CCOCC2)c2cc(C#CC(C)(C)C)sc2C(=O)OCOC(=O)C(C)C)CC1. The van der Waals surface area contributed by atoms with Crippen LogP contribution in [0.4, 0.5) is 11.4 Å². The molecule has 2 saturated carbocycles. The van der Waals surface area contributed by atoms with Crippen LogP contribution in [-0.2, 0) is 52.5 Å². The number of hydrogen-bond acceptors (Lipinski definition) is 15. The molecule has 4 heterocycles. The van der Waals surface area contributed by atoms with Crippen LogP contribution < -0.4 is 9.80 Å². The number of carbonyl (C=O) groups is 8. The first-order chi connectivity index (χ1) is 38.1. The van der Waals surface area contributed by atoms with Gasteiger partial charge in [-0.25, -0.2) is 9.59 Å². The minimum atomic E-state index is -1.12. The first-order valence-corrected chi connectivity index (χ1v) is 30.2. The number of amides is 4. The van der Waals surface area contributed by atoms with Crippen LogP contribution in [0.1, 0.15) is 164 Å². The van der Waals surface area contributed by atoms with Crippen molar-refractivity contribution in [3.63, 3.8) is 0 Å². The van der Waals surface area contributed by atoms with E-state index in [4.69, 9.17) is 30.5 Å². The Morgan fingerprint density at radius 3 is 1.33 bits per heavy atom. The zero-order valence-corrected chi connectivity index (χ0v) is 51.9. The third-order valence-electron chi connectivity index (χ3n) is 13.6. The normalized spacial score (nSPS) is 19.1. The van der Waals surface area contributed by atoms with Gasteiger partial charge in [-0.1, -0.05) is 76.8 Å². The van der Waals surface area contributed by atoms with E-state index in [2.05, 4.69) is 42.3 Å². The molecule has 4 amide bonds. The molecule has 1 N–H and O–H groups in total. The number of rotatable bonds is 15. The van der Waals surface area contributed by atoms with Crippen LogP contribution in [-0.4, -0.2) is 141 Å². The minimum absolute atomic E-state index is 0.0421. The number of alkyl halides is 1. The third-order valence-corrected chi connectivity index (χ3v) is 15.8. The van der Waals surface area contributed by atoms with Gasteiger partial charge < -0.3 is 48.4 Å². The molecule has 18 nitrogen and oxygen atoms in total. The van der Waals surface area contributed by atoms with E-state index in [9.17, 15) is 43.5 Å². The number of aromatic carboxylic acids is 1. The Labute approximate surface area is 492 Å². The average molecular weight is 1190 g/mol. The van der Waals surface area contributed by atoms with Gasteiger partial charge in [-0.2, -0.15) is 0 Å². The maximum Gasteiger partial charge on any atom is 0.353 e. The highest BCUT2D eigenvalue weighted by Gasteiger charge is 2.37. The lowest BCUT2D eigenvalue weighted by molar-refractivity contribution is -0.156. The van der Waals surface area contributed by atoms with Gasteiger partial charge in [-0.3, -0.25) is 28.8 Å².